The first-order valence-electron chi connectivity index (χ1n) is 9.50. The van der Waals surface area contributed by atoms with Crippen molar-refractivity contribution in [2.24, 2.45) is 5.73 Å². The Bertz CT molecular complexity index is 881. The lowest BCUT2D eigenvalue weighted by Crippen LogP contribution is -2.53. The van der Waals surface area contributed by atoms with Crippen molar-refractivity contribution in [1.82, 2.24) is 15.3 Å². The maximum Gasteiger partial charge on any atom is 0.242 e. The minimum absolute atomic E-state index is 0.364. The second-order valence-electron chi connectivity index (χ2n) is 7.03. The summed E-state index contributed by atoms with van der Waals surface area (Å²) in [7, 11) is 0. The number of carbonyl (C=O) groups is 1. The van der Waals surface area contributed by atoms with Gasteiger partial charge in [0.2, 0.25) is 5.91 Å². The molecule has 3 N–H and O–H groups in total. The molecule has 5 heteroatoms. The summed E-state index contributed by atoms with van der Waals surface area (Å²) >= 11 is 0. The fourth-order valence-electron chi connectivity index (χ4n) is 3.37. The summed E-state index contributed by atoms with van der Waals surface area (Å²) in [5.41, 5.74) is 9.31. The third-order valence-electron chi connectivity index (χ3n) is 5.07. The third kappa shape index (κ3) is 4.81. The van der Waals surface area contributed by atoms with Gasteiger partial charge in [0.1, 0.15) is 5.54 Å². The molecule has 0 aliphatic carbocycles. The van der Waals surface area contributed by atoms with Crippen molar-refractivity contribution in [3.8, 4) is 0 Å². The van der Waals surface area contributed by atoms with Crippen LogP contribution in [-0.2, 0) is 23.2 Å². The van der Waals surface area contributed by atoms with Crippen LogP contribution in [-0.4, -0.2) is 22.4 Å². The molecule has 2 heterocycles. The number of hydrogen-bond acceptors (Lipinski definition) is 4. The molecule has 1 aromatic carbocycles. The van der Waals surface area contributed by atoms with Crippen molar-refractivity contribution in [3.05, 3.63) is 95.6 Å². The van der Waals surface area contributed by atoms with E-state index in [2.05, 4.69) is 15.3 Å². The van der Waals surface area contributed by atoms with E-state index < -0.39 is 5.54 Å². The normalized spacial score (nSPS) is 13.0. The standard InChI is InChI=1S/C23H26N4O/c1-18-4-6-21(7-5-18)23(22(24)28,12-8-19-9-14-25-15-10-19)27-16-11-20-3-2-13-26-17-20/h2-7,9-10,13-15,17,27H,8,11-12,16H2,1H3,(H2,24,28). The molecule has 3 aromatic rings. The molecule has 144 valence electrons. The number of aryl methyl sites for hydroxylation is 2. The van der Waals surface area contributed by atoms with Crippen LogP contribution < -0.4 is 11.1 Å². The van der Waals surface area contributed by atoms with Gasteiger partial charge in [0.15, 0.2) is 0 Å². The highest BCUT2D eigenvalue weighted by atomic mass is 16.1. The molecule has 1 atom stereocenters. The number of amides is 1. The number of nitrogens with zero attached hydrogens (tertiary/aromatic N) is 2. The Kier molecular flexibility index (Phi) is 6.50. The smallest absolute Gasteiger partial charge is 0.242 e. The van der Waals surface area contributed by atoms with Gasteiger partial charge < -0.3 is 5.73 Å². The summed E-state index contributed by atoms with van der Waals surface area (Å²) in [5, 5.41) is 3.47. The Morgan fingerprint density at radius 1 is 0.964 bits per heavy atom. The van der Waals surface area contributed by atoms with Crippen LogP contribution in [0.1, 0.15) is 28.7 Å². The fourth-order valence-corrected chi connectivity index (χ4v) is 3.37. The zero-order chi connectivity index (χ0) is 19.8. The Morgan fingerprint density at radius 3 is 2.36 bits per heavy atom. The SMILES string of the molecule is Cc1ccc(C(CCc2ccncc2)(NCCc2cccnc2)C(N)=O)cc1. The monoisotopic (exact) mass is 374 g/mol. The summed E-state index contributed by atoms with van der Waals surface area (Å²) in [6.45, 7) is 2.65. The minimum atomic E-state index is -0.931. The van der Waals surface area contributed by atoms with E-state index >= 15 is 0 Å². The molecule has 5 nitrogen and oxygen atoms in total. The average Bonchev–Trinajstić information content (AvgIpc) is 2.72. The van der Waals surface area contributed by atoms with Crippen molar-refractivity contribution < 1.29 is 4.79 Å². The largest absolute Gasteiger partial charge is 0.368 e. The van der Waals surface area contributed by atoms with E-state index in [1.165, 1.54) is 0 Å². The third-order valence-corrected chi connectivity index (χ3v) is 5.07. The lowest BCUT2D eigenvalue weighted by atomic mass is 9.83. The Balaban J connectivity index is 1.83. The lowest BCUT2D eigenvalue weighted by molar-refractivity contribution is -0.125. The van der Waals surface area contributed by atoms with E-state index in [-0.39, 0.29) is 5.91 Å². The van der Waals surface area contributed by atoms with Gasteiger partial charge in [-0.15, -0.1) is 0 Å². The summed E-state index contributed by atoms with van der Waals surface area (Å²) < 4.78 is 0. The molecule has 2 aromatic heterocycles. The molecule has 0 aliphatic rings. The highest BCUT2D eigenvalue weighted by Gasteiger charge is 2.37. The molecular formula is C23H26N4O. The molecule has 0 radical (unpaired) electrons. The molecule has 0 aliphatic heterocycles. The van der Waals surface area contributed by atoms with E-state index in [9.17, 15) is 4.79 Å². The molecule has 0 spiro atoms. The van der Waals surface area contributed by atoms with Crippen LogP contribution >= 0.6 is 0 Å². The number of carbonyl (C=O) groups excluding carboxylic acids is 1. The van der Waals surface area contributed by atoms with Crippen LogP contribution in [0.2, 0.25) is 0 Å². The molecule has 0 saturated carbocycles. The number of benzene rings is 1. The maximum atomic E-state index is 12.7. The number of aromatic nitrogens is 2. The topological polar surface area (TPSA) is 80.9 Å². The van der Waals surface area contributed by atoms with Crippen molar-refractivity contribution >= 4 is 5.91 Å². The Labute approximate surface area is 166 Å². The highest BCUT2D eigenvalue weighted by molar-refractivity contribution is 5.86. The van der Waals surface area contributed by atoms with E-state index in [1.807, 2.05) is 61.7 Å². The second kappa shape index (κ2) is 9.24. The van der Waals surface area contributed by atoms with Gasteiger partial charge in [0.25, 0.3) is 0 Å². The van der Waals surface area contributed by atoms with Gasteiger partial charge in [-0.05, 0) is 61.1 Å². The molecule has 0 fully saturated rings. The first-order chi connectivity index (χ1) is 13.6. The maximum absolute atomic E-state index is 12.7. The van der Waals surface area contributed by atoms with Gasteiger partial charge in [-0.1, -0.05) is 35.9 Å². The number of rotatable bonds is 9. The fraction of sp³-hybridized carbons (Fsp3) is 0.261. The molecule has 0 bridgehead atoms. The average molecular weight is 374 g/mol. The number of pyridine rings is 2. The van der Waals surface area contributed by atoms with Crippen LogP contribution in [0.15, 0.2) is 73.3 Å². The molecular weight excluding hydrogens is 348 g/mol. The predicted molar refractivity (Wildman–Crippen MR) is 111 cm³/mol. The summed E-state index contributed by atoms with van der Waals surface area (Å²) in [6, 6.07) is 15.9. The first kappa shape index (κ1) is 19.7. The highest BCUT2D eigenvalue weighted by Crippen LogP contribution is 2.27. The van der Waals surface area contributed by atoms with Gasteiger partial charge in [-0.25, -0.2) is 0 Å². The van der Waals surface area contributed by atoms with E-state index in [1.54, 1.807) is 18.6 Å². The number of hydrogen-bond donors (Lipinski definition) is 2. The van der Waals surface area contributed by atoms with Crippen LogP contribution in [0.4, 0.5) is 0 Å². The van der Waals surface area contributed by atoms with Crippen LogP contribution in [0.3, 0.4) is 0 Å². The molecule has 0 saturated heterocycles. The van der Waals surface area contributed by atoms with E-state index in [0.717, 1.165) is 35.1 Å². The molecule has 28 heavy (non-hydrogen) atoms. The van der Waals surface area contributed by atoms with Gasteiger partial charge in [-0.2, -0.15) is 0 Å². The zero-order valence-electron chi connectivity index (χ0n) is 16.1. The van der Waals surface area contributed by atoms with Gasteiger partial charge in [0.05, 0.1) is 0 Å². The minimum Gasteiger partial charge on any atom is -0.368 e. The summed E-state index contributed by atoms with van der Waals surface area (Å²) in [6.07, 6.45) is 9.19. The predicted octanol–water partition coefficient (Wildman–Crippen LogP) is 2.93. The Morgan fingerprint density at radius 2 is 1.71 bits per heavy atom. The van der Waals surface area contributed by atoms with Crippen molar-refractivity contribution in [2.45, 2.75) is 31.7 Å². The van der Waals surface area contributed by atoms with Crippen LogP contribution in [0.25, 0.3) is 0 Å². The number of nitrogens with one attached hydrogen (secondary N) is 1. The van der Waals surface area contributed by atoms with Crippen molar-refractivity contribution in [1.29, 1.82) is 0 Å². The van der Waals surface area contributed by atoms with E-state index in [0.29, 0.717) is 13.0 Å². The molecule has 3 rings (SSSR count). The van der Waals surface area contributed by atoms with E-state index in [4.69, 9.17) is 5.73 Å². The Hall–Kier alpha value is -3.05. The number of nitrogens with two attached hydrogens (primary N) is 1. The lowest BCUT2D eigenvalue weighted by Gasteiger charge is -2.33. The quantitative estimate of drug-likeness (QED) is 0.603. The first-order valence-corrected chi connectivity index (χ1v) is 9.50. The summed E-state index contributed by atoms with van der Waals surface area (Å²) in [4.78, 5) is 20.9. The molecule has 1 amide bonds. The van der Waals surface area contributed by atoms with Crippen molar-refractivity contribution in [3.63, 3.8) is 0 Å². The number of primary amides is 1. The second-order valence-corrected chi connectivity index (χ2v) is 7.03. The molecule has 1 unspecified atom stereocenters. The van der Waals surface area contributed by atoms with Gasteiger partial charge in [-0.3, -0.25) is 20.1 Å². The van der Waals surface area contributed by atoms with Gasteiger partial charge >= 0.3 is 0 Å². The van der Waals surface area contributed by atoms with Crippen LogP contribution in [0, 0.1) is 6.92 Å². The summed E-state index contributed by atoms with van der Waals surface area (Å²) in [5.74, 6) is -0.364. The van der Waals surface area contributed by atoms with Gasteiger partial charge in [0, 0.05) is 31.3 Å². The zero-order valence-corrected chi connectivity index (χ0v) is 16.1. The van der Waals surface area contributed by atoms with Crippen molar-refractivity contribution in [2.75, 3.05) is 6.54 Å². The van der Waals surface area contributed by atoms with Crippen LogP contribution in [0.5, 0.6) is 0 Å².